The molecule has 2 rings (SSSR count). The van der Waals surface area contributed by atoms with E-state index in [2.05, 4.69) is 16.4 Å². The van der Waals surface area contributed by atoms with Crippen LogP contribution in [0.3, 0.4) is 0 Å². The predicted octanol–water partition coefficient (Wildman–Crippen LogP) is 1.80. The summed E-state index contributed by atoms with van der Waals surface area (Å²) < 4.78 is 0. The lowest BCUT2D eigenvalue weighted by molar-refractivity contribution is 0.100. The van der Waals surface area contributed by atoms with Crippen LogP contribution < -0.4 is 11.1 Å². The molecular formula is C13H10N4O. The van der Waals surface area contributed by atoms with Crippen molar-refractivity contribution in [1.29, 1.82) is 5.26 Å². The molecule has 0 bridgehead atoms. The summed E-state index contributed by atoms with van der Waals surface area (Å²) >= 11 is 0. The summed E-state index contributed by atoms with van der Waals surface area (Å²) in [4.78, 5) is 14.9. The molecule has 1 aromatic carbocycles. The lowest BCUT2D eigenvalue weighted by atomic mass is 10.2. The number of rotatable bonds is 3. The first-order chi connectivity index (χ1) is 8.70. The number of primary amides is 1. The smallest absolute Gasteiger partial charge is 0.248 e. The summed E-state index contributed by atoms with van der Waals surface area (Å²) in [5, 5.41) is 12.0. The molecule has 5 heteroatoms. The Bertz CT molecular complexity index is 614. The lowest BCUT2D eigenvalue weighted by Crippen LogP contribution is -2.10. The second kappa shape index (κ2) is 4.97. The van der Waals surface area contributed by atoms with E-state index in [9.17, 15) is 4.79 Å². The topological polar surface area (TPSA) is 91.8 Å². The fraction of sp³-hybridized carbons (Fsp3) is 0. The number of aromatic nitrogens is 1. The molecule has 2 aromatic rings. The van der Waals surface area contributed by atoms with Gasteiger partial charge in [0, 0.05) is 17.4 Å². The Kier molecular flexibility index (Phi) is 3.21. The molecule has 0 atom stereocenters. The van der Waals surface area contributed by atoms with Crippen molar-refractivity contribution in [2.45, 2.75) is 0 Å². The molecule has 0 aliphatic rings. The summed E-state index contributed by atoms with van der Waals surface area (Å²) in [6.45, 7) is 0. The fourth-order valence-corrected chi connectivity index (χ4v) is 1.46. The molecule has 18 heavy (non-hydrogen) atoms. The Balaban J connectivity index is 2.24. The second-order valence-electron chi connectivity index (χ2n) is 3.60. The minimum Gasteiger partial charge on any atom is -0.366 e. The minimum absolute atomic E-state index is 0.437. The van der Waals surface area contributed by atoms with Crippen LogP contribution in [0.1, 0.15) is 15.9 Å². The van der Waals surface area contributed by atoms with E-state index < -0.39 is 5.91 Å². The zero-order valence-electron chi connectivity index (χ0n) is 9.42. The number of nitrogens with one attached hydrogen (secondary N) is 1. The van der Waals surface area contributed by atoms with Crippen molar-refractivity contribution in [3.05, 3.63) is 53.9 Å². The SMILES string of the molecule is N#Cc1ccncc1Nc1ccc(C(N)=O)cc1. The Labute approximate surface area is 104 Å². The molecule has 0 aliphatic carbocycles. The van der Waals surface area contributed by atoms with E-state index in [1.165, 1.54) is 0 Å². The summed E-state index contributed by atoms with van der Waals surface area (Å²) in [6, 6.07) is 10.4. The third-order valence-electron chi connectivity index (χ3n) is 2.39. The van der Waals surface area contributed by atoms with Gasteiger partial charge in [0.15, 0.2) is 0 Å². The number of nitriles is 1. The van der Waals surface area contributed by atoms with Gasteiger partial charge in [0.2, 0.25) is 5.91 Å². The van der Waals surface area contributed by atoms with Crippen molar-refractivity contribution < 1.29 is 4.79 Å². The van der Waals surface area contributed by atoms with E-state index in [-0.39, 0.29) is 0 Å². The summed E-state index contributed by atoms with van der Waals surface area (Å²) in [5.41, 5.74) is 7.46. The zero-order valence-corrected chi connectivity index (χ0v) is 9.42. The number of hydrogen-bond acceptors (Lipinski definition) is 4. The molecule has 88 valence electrons. The highest BCUT2D eigenvalue weighted by atomic mass is 16.1. The lowest BCUT2D eigenvalue weighted by Gasteiger charge is -2.07. The largest absolute Gasteiger partial charge is 0.366 e. The van der Waals surface area contributed by atoms with Gasteiger partial charge in [-0.1, -0.05) is 0 Å². The molecule has 0 unspecified atom stereocenters. The van der Waals surface area contributed by atoms with Crippen LogP contribution in [0.25, 0.3) is 0 Å². The van der Waals surface area contributed by atoms with Crippen molar-refractivity contribution in [3.63, 3.8) is 0 Å². The quantitative estimate of drug-likeness (QED) is 0.852. The Hall–Kier alpha value is -2.87. The highest BCUT2D eigenvalue weighted by Gasteiger charge is 2.03. The maximum absolute atomic E-state index is 10.9. The number of anilines is 2. The van der Waals surface area contributed by atoms with Crippen LogP contribution in [0.5, 0.6) is 0 Å². The van der Waals surface area contributed by atoms with Gasteiger partial charge in [0.1, 0.15) is 6.07 Å². The highest BCUT2D eigenvalue weighted by molar-refractivity contribution is 5.93. The van der Waals surface area contributed by atoms with Crippen molar-refractivity contribution in [3.8, 4) is 6.07 Å². The van der Waals surface area contributed by atoms with Gasteiger partial charge in [0.05, 0.1) is 17.4 Å². The van der Waals surface area contributed by atoms with Gasteiger partial charge < -0.3 is 11.1 Å². The van der Waals surface area contributed by atoms with Gasteiger partial charge in [-0.15, -0.1) is 0 Å². The average Bonchev–Trinajstić information content (AvgIpc) is 2.40. The molecule has 0 radical (unpaired) electrons. The van der Waals surface area contributed by atoms with Crippen LogP contribution in [0, 0.1) is 11.3 Å². The van der Waals surface area contributed by atoms with E-state index in [1.807, 2.05) is 0 Å². The van der Waals surface area contributed by atoms with E-state index in [1.54, 1.807) is 42.7 Å². The van der Waals surface area contributed by atoms with Crippen molar-refractivity contribution in [2.24, 2.45) is 5.73 Å². The minimum atomic E-state index is -0.472. The monoisotopic (exact) mass is 238 g/mol. The second-order valence-corrected chi connectivity index (χ2v) is 3.60. The van der Waals surface area contributed by atoms with Crippen LogP contribution in [0.4, 0.5) is 11.4 Å². The third kappa shape index (κ3) is 2.44. The van der Waals surface area contributed by atoms with Gasteiger partial charge in [-0.2, -0.15) is 5.26 Å². The molecule has 0 saturated heterocycles. The summed E-state index contributed by atoms with van der Waals surface area (Å²) in [6.07, 6.45) is 3.13. The first-order valence-electron chi connectivity index (χ1n) is 5.21. The van der Waals surface area contributed by atoms with Crippen molar-refractivity contribution in [2.75, 3.05) is 5.32 Å². The molecule has 0 saturated carbocycles. The van der Waals surface area contributed by atoms with Gasteiger partial charge in [-0.05, 0) is 30.3 Å². The number of amides is 1. The predicted molar refractivity (Wildman–Crippen MR) is 67.2 cm³/mol. The molecule has 5 nitrogen and oxygen atoms in total. The third-order valence-corrected chi connectivity index (χ3v) is 2.39. The number of carbonyl (C=O) groups excluding carboxylic acids is 1. The van der Waals surface area contributed by atoms with Gasteiger partial charge in [0.25, 0.3) is 0 Å². The first kappa shape index (κ1) is 11.6. The van der Waals surface area contributed by atoms with E-state index in [0.717, 1.165) is 5.69 Å². The van der Waals surface area contributed by atoms with Crippen LogP contribution in [-0.2, 0) is 0 Å². The van der Waals surface area contributed by atoms with E-state index in [0.29, 0.717) is 16.8 Å². The number of nitrogens with zero attached hydrogens (tertiary/aromatic N) is 2. The Morgan fingerprint density at radius 1 is 1.28 bits per heavy atom. The highest BCUT2D eigenvalue weighted by Crippen LogP contribution is 2.19. The van der Waals surface area contributed by atoms with E-state index in [4.69, 9.17) is 11.0 Å². The van der Waals surface area contributed by atoms with Crippen molar-refractivity contribution >= 4 is 17.3 Å². The first-order valence-corrected chi connectivity index (χ1v) is 5.21. The van der Waals surface area contributed by atoms with Gasteiger partial charge in [-0.25, -0.2) is 0 Å². The van der Waals surface area contributed by atoms with Crippen LogP contribution in [0.15, 0.2) is 42.7 Å². The number of benzene rings is 1. The number of nitrogens with two attached hydrogens (primary N) is 1. The van der Waals surface area contributed by atoms with Gasteiger partial charge >= 0.3 is 0 Å². The standard InChI is InChI=1S/C13H10N4O/c14-7-10-5-6-16-8-12(10)17-11-3-1-9(2-4-11)13(15)18/h1-6,8,17H,(H2,15,18). The van der Waals surface area contributed by atoms with Crippen LogP contribution >= 0.6 is 0 Å². The summed E-state index contributed by atoms with van der Waals surface area (Å²) in [7, 11) is 0. The van der Waals surface area contributed by atoms with E-state index >= 15 is 0 Å². The van der Waals surface area contributed by atoms with Crippen molar-refractivity contribution in [1.82, 2.24) is 4.98 Å². The van der Waals surface area contributed by atoms with Crippen LogP contribution in [-0.4, -0.2) is 10.9 Å². The molecule has 3 N–H and O–H groups in total. The number of carbonyl (C=O) groups is 1. The molecule has 1 aromatic heterocycles. The molecule has 0 spiro atoms. The molecule has 0 aliphatic heterocycles. The van der Waals surface area contributed by atoms with Gasteiger partial charge in [-0.3, -0.25) is 9.78 Å². The molecule has 1 heterocycles. The maximum Gasteiger partial charge on any atom is 0.248 e. The maximum atomic E-state index is 10.9. The zero-order chi connectivity index (χ0) is 13.0. The Morgan fingerprint density at radius 3 is 2.61 bits per heavy atom. The fourth-order valence-electron chi connectivity index (χ4n) is 1.46. The molecular weight excluding hydrogens is 228 g/mol. The molecule has 1 amide bonds. The number of hydrogen-bond donors (Lipinski definition) is 2. The van der Waals surface area contributed by atoms with Crippen LogP contribution in [0.2, 0.25) is 0 Å². The summed E-state index contributed by atoms with van der Waals surface area (Å²) in [5.74, 6) is -0.472. The number of pyridine rings is 1. The Morgan fingerprint density at radius 2 is 2.00 bits per heavy atom. The average molecular weight is 238 g/mol. The normalized spacial score (nSPS) is 9.50. The molecule has 0 fully saturated rings.